The van der Waals surface area contributed by atoms with Gasteiger partial charge in [0, 0.05) is 12.8 Å². The number of rotatable bonds is 42. The Morgan fingerprint density at radius 1 is 0.534 bits per heavy atom. The average molecular weight is 838 g/mol. The monoisotopic (exact) mass is 838 g/mol. The number of carbonyl (C=O) groups is 2. The maximum Gasteiger partial charge on any atom is 0.306 e. The highest BCUT2D eigenvalue weighted by Crippen LogP contribution is 2.38. The van der Waals surface area contributed by atoms with E-state index in [-0.39, 0.29) is 26.1 Å². The summed E-state index contributed by atoms with van der Waals surface area (Å²) >= 11 is 0. The second kappa shape index (κ2) is 40.4. The van der Waals surface area contributed by atoms with Crippen LogP contribution in [0.3, 0.4) is 0 Å². The SMILES string of the molecule is CCCCC/C=C\C/C=C\C/C=C\C/C=C\CCCCCC(=O)OC[C@H](COP(=O)([O-])OCC[N+](C)(C)C)OC(=O)CCCCCCCCCCCCCCCCC. The minimum atomic E-state index is -4.63. The smallest absolute Gasteiger partial charge is 0.306 e. The first-order valence-corrected chi connectivity index (χ1v) is 24.8. The van der Waals surface area contributed by atoms with Gasteiger partial charge in [0.2, 0.25) is 0 Å². The molecule has 0 amide bonds. The summed E-state index contributed by atoms with van der Waals surface area (Å²) in [5.74, 6) is -0.867. The van der Waals surface area contributed by atoms with Gasteiger partial charge in [-0.3, -0.25) is 14.2 Å². The molecule has 0 aromatic carbocycles. The van der Waals surface area contributed by atoms with E-state index in [2.05, 4.69) is 62.5 Å². The van der Waals surface area contributed by atoms with Gasteiger partial charge in [0.1, 0.15) is 19.8 Å². The molecule has 0 radical (unpaired) electrons. The lowest BCUT2D eigenvalue weighted by atomic mass is 10.0. The predicted octanol–water partition coefficient (Wildman–Crippen LogP) is 12.8. The van der Waals surface area contributed by atoms with Crippen molar-refractivity contribution in [1.29, 1.82) is 0 Å². The van der Waals surface area contributed by atoms with Crippen molar-refractivity contribution in [2.75, 3.05) is 47.5 Å². The van der Waals surface area contributed by atoms with Gasteiger partial charge < -0.3 is 27.9 Å². The second-order valence-electron chi connectivity index (χ2n) is 16.8. The number of carbonyl (C=O) groups excluding carboxylic acids is 2. The van der Waals surface area contributed by atoms with E-state index in [4.69, 9.17) is 18.5 Å². The van der Waals surface area contributed by atoms with Crippen molar-refractivity contribution in [2.24, 2.45) is 0 Å². The average Bonchev–Trinajstić information content (AvgIpc) is 3.17. The summed E-state index contributed by atoms with van der Waals surface area (Å²) in [6.07, 6.45) is 47.0. The van der Waals surface area contributed by atoms with Crippen molar-refractivity contribution in [3.8, 4) is 0 Å². The molecule has 1 unspecified atom stereocenters. The fourth-order valence-electron chi connectivity index (χ4n) is 6.17. The van der Waals surface area contributed by atoms with E-state index in [0.29, 0.717) is 23.9 Å². The largest absolute Gasteiger partial charge is 0.756 e. The summed E-state index contributed by atoms with van der Waals surface area (Å²) in [6.45, 7) is 4.17. The summed E-state index contributed by atoms with van der Waals surface area (Å²) in [5, 5.41) is 0. The van der Waals surface area contributed by atoms with Crippen LogP contribution in [0.2, 0.25) is 0 Å². The molecule has 0 saturated carbocycles. The van der Waals surface area contributed by atoms with Crippen LogP contribution in [-0.4, -0.2) is 70.0 Å². The summed E-state index contributed by atoms with van der Waals surface area (Å²) in [5.41, 5.74) is 0. The zero-order chi connectivity index (χ0) is 42.8. The second-order valence-corrected chi connectivity index (χ2v) is 18.2. The number of hydrogen-bond donors (Lipinski definition) is 0. The predicted molar refractivity (Wildman–Crippen MR) is 240 cm³/mol. The molecular weight excluding hydrogens is 750 g/mol. The number of esters is 2. The molecule has 0 aliphatic rings. The van der Waals surface area contributed by atoms with Crippen LogP contribution >= 0.6 is 7.82 Å². The van der Waals surface area contributed by atoms with Gasteiger partial charge in [-0.15, -0.1) is 0 Å². The Morgan fingerprint density at radius 3 is 1.41 bits per heavy atom. The Kier molecular flexibility index (Phi) is 39.0. The maximum absolute atomic E-state index is 12.7. The molecule has 0 spiro atoms. The van der Waals surface area contributed by atoms with Gasteiger partial charge in [-0.2, -0.15) is 0 Å². The zero-order valence-electron chi connectivity index (χ0n) is 38.0. The first-order chi connectivity index (χ1) is 28.0. The first kappa shape index (κ1) is 56.0. The third kappa shape index (κ3) is 43.5. The molecule has 0 aromatic rings. The Labute approximate surface area is 356 Å². The summed E-state index contributed by atoms with van der Waals surface area (Å²) in [7, 11) is 1.15. The summed E-state index contributed by atoms with van der Waals surface area (Å²) in [6, 6.07) is 0. The lowest BCUT2D eigenvalue weighted by Crippen LogP contribution is -2.37. The number of phosphoric ester groups is 1. The van der Waals surface area contributed by atoms with E-state index >= 15 is 0 Å². The first-order valence-electron chi connectivity index (χ1n) is 23.3. The maximum atomic E-state index is 12.7. The van der Waals surface area contributed by atoms with Gasteiger partial charge in [-0.1, -0.05) is 172 Å². The highest BCUT2D eigenvalue weighted by molar-refractivity contribution is 7.45. The zero-order valence-corrected chi connectivity index (χ0v) is 38.9. The third-order valence-electron chi connectivity index (χ3n) is 9.85. The van der Waals surface area contributed by atoms with Crippen molar-refractivity contribution in [3.05, 3.63) is 48.6 Å². The molecule has 0 fully saturated rings. The Morgan fingerprint density at radius 2 is 0.931 bits per heavy atom. The van der Waals surface area contributed by atoms with Crippen LogP contribution in [0.1, 0.15) is 194 Å². The molecule has 0 bridgehead atoms. The highest BCUT2D eigenvalue weighted by atomic mass is 31.2. The molecule has 10 heteroatoms. The van der Waals surface area contributed by atoms with E-state index < -0.39 is 32.5 Å². The van der Waals surface area contributed by atoms with Crippen LogP contribution in [0.4, 0.5) is 0 Å². The molecule has 2 atom stereocenters. The summed E-state index contributed by atoms with van der Waals surface area (Å²) < 4.78 is 33.9. The van der Waals surface area contributed by atoms with Crippen LogP contribution in [0, 0.1) is 0 Å². The van der Waals surface area contributed by atoms with E-state index in [1.165, 1.54) is 96.3 Å². The van der Waals surface area contributed by atoms with Crippen molar-refractivity contribution in [1.82, 2.24) is 0 Å². The van der Waals surface area contributed by atoms with Crippen LogP contribution in [-0.2, 0) is 32.7 Å². The molecule has 0 aliphatic heterocycles. The number of phosphoric acid groups is 1. The van der Waals surface area contributed by atoms with Crippen molar-refractivity contribution >= 4 is 19.8 Å². The number of ether oxygens (including phenoxy) is 2. The lowest BCUT2D eigenvalue weighted by Gasteiger charge is -2.28. The van der Waals surface area contributed by atoms with Gasteiger partial charge in [0.25, 0.3) is 7.82 Å². The van der Waals surface area contributed by atoms with E-state index in [1.807, 2.05) is 21.1 Å². The standard InChI is InChI=1S/C48H88NO8P/c1-6-8-10-12-14-16-18-20-22-23-24-25-27-28-30-32-34-36-38-40-47(50)54-44-46(45-56-58(52,53)55-43-42-49(3,4)5)57-48(51)41-39-37-35-33-31-29-26-21-19-17-15-13-11-9-7-2/h14,16,20,22,24-25,28,30,46H,6-13,15,17-19,21,23,26-27,29,31-45H2,1-5H3/b16-14-,22-20-,25-24-,30-28-/t46-/m1/s1. The van der Waals surface area contributed by atoms with Gasteiger partial charge >= 0.3 is 11.9 Å². The topological polar surface area (TPSA) is 111 Å². The normalized spacial score (nSPS) is 14.0. The Balaban J connectivity index is 4.38. The van der Waals surface area contributed by atoms with Crippen molar-refractivity contribution in [3.63, 3.8) is 0 Å². The number of nitrogens with zero attached hydrogens (tertiary/aromatic N) is 1. The van der Waals surface area contributed by atoms with Crippen LogP contribution in [0.15, 0.2) is 48.6 Å². The number of hydrogen-bond acceptors (Lipinski definition) is 8. The molecule has 0 saturated heterocycles. The van der Waals surface area contributed by atoms with Gasteiger partial charge in [-0.05, 0) is 57.8 Å². The third-order valence-corrected chi connectivity index (χ3v) is 10.8. The molecule has 0 N–H and O–H groups in total. The molecule has 0 aromatic heterocycles. The van der Waals surface area contributed by atoms with Gasteiger partial charge in [0.15, 0.2) is 6.10 Å². The molecule has 9 nitrogen and oxygen atoms in total. The summed E-state index contributed by atoms with van der Waals surface area (Å²) in [4.78, 5) is 37.6. The minimum Gasteiger partial charge on any atom is -0.756 e. The lowest BCUT2D eigenvalue weighted by molar-refractivity contribution is -0.870. The van der Waals surface area contributed by atoms with Gasteiger partial charge in [-0.25, -0.2) is 0 Å². The van der Waals surface area contributed by atoms with E-state index in [0.717, 1.165) is 57.8 Å². The minimum absolute atomic E-state index is 0.0364. The quantitative estimate of drug-likeness (QED) is 0.0196. The van der Waals surface area contributed by atoms with Crippen LogP contribution in [0.25, 0.3) is 0 Å². The Hall–Kier alpha value is -2.03. The van der Waals surface area contributed by atoms with Gasteiger partial charge in [0.05, 0.1) is 27.7 Å². The Bertz CT molecular complexity index is 1130. The van der Waals surface area contributed by atoms with Crippen LogP contribution < -0.4 is 4.89 Å². The number of likely N-dealkylation sites (N-methyl/N-ethyl adjacent to an activating group) is 1. The fraction of sp³-hybridized carbons (Fsp3) is 0.792. The van der Waals surface area contributed by atoms with E-state index in [9.17, 15) is 19.0 Å². The number of unbranched alkanes of at least 4 members (excludes halogenated alkanes) is 20. The molecule has 338 valence electrons. The van der Waals surface area contributed by atoms with Crippen molar-refractivity contribution < 1.29 is 42.1 Å². The van der Waals surface area contributed by atoms with Crippen LogP contribution in [0.5, 0.6) is 0 Å². The molecule has 0 rings (SSSR count). The highest BCUT2D eigenvalue weighted by Gasteiger charge is 2.21. The number of allylic oxidation sites excluding steroid dienone is 8. The molecule has 0 heterocycles. The number of quaternary nitrogens is 1. The molecule has 0 aliphatic carbocycles. The molecular formula is C48H88NO8P. The fourth-order valence-corrected chi connectivity index (χ4v) is 6.90. The van der Waals surface area contributed by atoms with Crippen molar-refractivity contribution in [2.45, 2.75) is 200 Å². The molecule has 58 heavy (non-hydrogen) atoms. The van der Waals surface area contributed by atoms with E-state index in [1.54, 1.807) is 0 Å².